The number of rotatable bonds is 9. The highest BCUT2D eigenvalue weighted by Crippen LogP contribution is 2.50. The van der Waals surface area contributed by atoms with E-state index in [-0.39, 0.29) is 11.5 Å². The lowest BCUT2D eigenvalue weighted by Gasteiger charge is -2.18. The molecule has 0 aliphatic carbocycles. The third-order valence-corrected chi connectivity index (χ3v) is 5.96. The summed E-state index contributed by atoms with van der Waals surface area (Å²) in [4.78, 5) is 1.14. The van der Waals surface area contributed by atoms with Gasteiger partial charge in [0.25, 0.3) is 0 Å². The largest absolute Gasteiger partial charge is 0.504 e. The van der Waals surface area contributed by atoms with Gasteiger partial charge in [-0.2, -0.15) is 0 Å². The maximum atomic E-state index is 11.2. The second-order valence-electron chi connectivity index (χ2n) is 7.71. The summed E-state index contributed by atoms with van der Waals surface area (Å²) in [5.41, 5.74) is 3.85. The van der Waals surface area contributed by atoms with Crippen LogP contribution in [0.25, 0.3) is 22.3 Å². The fraction of sp³-hybridized carbons (Fsp3) is 0.259. The highest BCUT2D eigenvalue weighted by molar-refractivity contribution is 7.98. The van der Waals surface area contributed by atoms with Crippen molar-refractivity contribution in [2.45, 2.75) is 25.2 Å². The Bertz CT molecular complexity index is 1130. The van der Waals surface area contributed by atoms with Crippen molar-refractivity contribution in [1.29, 1.82) is 0 Å². The van der Waals surface area contributed by atoms with Gasteiger partial charge in [0, 0.05) is 10.5 Å². The number of benzene rings is 3. The molecule has 174 valence electrons. The van der Waals surface area contributed by atoms with Crippen molar-refractivity contribution >= 4 is 11.8 Å². The zero-order valence-corrected chi connectivity index (χ0v) is 20.5. The van der Waals surface area contributed by atoms with Crippen molar-refractivity contribution in [3.8, 4) is 51.0 Å². The molecule has 0 saturated heterocycles. The summed E-state index contributed by atoms with van der Waals surface area (Å²) < 4.78 is 16.9. The number of phenolic OH excluding ortho intramolecular Hbond substituents is 2. The Balaban J connectivity index is 2.00. The Morgan fingerprint density at radius 2 is 1.61 bits per heavy atom. The van der Waals surface area contributed by atoms with Crippen LogP contribution in [0.15, 0.2) is 65.1 Å². The normalized spacial score (nSPS) is 10.6. The molecule has 3 aromatic carbocycles. The number of aromatic hydroxyl groups is 2. The molecule has 0 radical (unpaired) electrons. The molecule has 0 unspecified atom stereocenters. The van der Waals surface area contributed by atoms with Gasteiger partial charge >= 0.3 is 0 Å². The Morgan fingerprint density at radius 3 is 2.18 bits per heavy atom. The number of hydrogen-bond acceptors (Lipinski definition) is 6. The molecular weight excluding hydrogens is 436 g/mol. The molecule has 2 N–H and O–H groups in total. The smallest absolute Gasteiger partial charge is 0.170 e. The number of thioether (sulfide) groups is 1. The molecular formula is C27H30O5S. The van der Waals surface area contributed by atoms with E-state index in [4.69, 9.17) is 14.2 Å². The van der Waals surface area contributed by atoms with E-state index in [9.17, 15) is 10.2 Å². The third-order valence-electron chi connectivity index (χ3n) is 5.22. The lowest BCUT2D eigenvalue weighted by molar-refractivity contribution is 0.305. The highest BCUT2D eigenvalue weighted by atomic mass is 32.2. The number of methoxy groups -OCH3 is 2. The molecule has 0 heterocycles. The SMILES string of the molecule is COc1cc(-c2ccc(SC)cc2)c(OC)c(O)c1-c1ccc(OCCC=C(C)C)c(O)c1. The van der Waals surface area contributed by atoms with Gasteiger partial charge in [-0.15, -0.1) is 11.8 Å². The Kier molecular flexibility index (Phi) is 8.17. The van der Waals surface area contributed by atoms with Gasteiger partial charge in [-0.05, 0) is 68.0 Å². The Labute approximate surface area is 199 Å². The van der Waals surface area contributed by atoms with Gasteiger partial charge in [-0.3, -0.25) is 0 Å². The first-order valence-electron chi connectivity index (χ1n) is 10.6. The Hall–Kier alpha value is -3.25. The molecule has 0 atom stereocenters. The van der Waals surface area contributed by atoms with Crippen LogP contribution in [0.1, 0.15) is 20.3 Å². The molecule has 0 aliphatic heterocycles. The summed E-state index contributed by atoms with van der Waals surface area (Å²) in [5.74, 6) is 1.12. The van der Waals surface area contributed by atoms with Crippen molar-refractivity contribution in [3.05, 3.63) is 60.2 Å². The van der Waals surface area contributed by atoms with Crippen LogP contribution < -0.4 is 14.2 Å². The first-order valence-corrected chi connectivity index (χ1v) is 11.8. The Morgan fingerprint density at radius 1 is 0.909 bits per heavy atom. The fourth-order valence-corrected chi connectivity index (χ4v) is 3.98. The lowest BCUT2D eigenvalue weighted by atomic mass is 9.96. The molecule has 5 nitrogen and oxygen atoms in total. The van der Waals surface area contributed by atoms with E-state index in [1.807, 2.05) is 50.4 Å². The fourth-order valence-electron chi connectivity index (χ4n) is 3.57. The zero-order valence-electron chi connectivity index (χ0n) is 19.6. The maximum Gasteiger partial charge on any atom is 0.170 e. The molecule has 0 amide bonds. The van der Waals surface area contributed by atoms with E-state index in [0.717, 1.165) is 16.9 Å². The number of hydrogen-bond donors (Lipinski definition) is 2. The van der Waals surface area contributed by atoms with Gasteiger partial charge in [0.2, 0.25) is 0 Å². The molecule has 0 spiro atoms. The highest BCUT2D eigenvalue weighted by Gasteiger charge is 2.22. The van der Waals surface area contributed by atoms with Crippen LogP contribution in [0.4, 0.5) is 0 Å². The molecule has 0 aliphatic rings. The van der Waals surface area contributed by atoms with E-state index in [1.54, 1.807) is 37.1 Å². The molecule has 0 aromatic heterocycles. The van der Waals surface area contributed by atoms with Crippen LogP contribution >= 0.6 is 11.8 Å². The van der Waals surface area contributed by atoms with E-state index in [2.05, 4.69) is 6.08 Å². The first-order chi connectivity index (χ1) is 15.9. The second kappa shape index (κ2) is 11.1. The minimum absolute atomic E-state index is 0.0122. The van der Waals surface area contributed by atoms with E-state index in [0.29, 0.717) is 40.5 Å². The predicted octanol–water partition coefficient (Wildman–Crippen LogP) is 6.91. The number of phenols is 2. The van der Waals surface area contributed by atoms with Gasteiger partial charge < -0.3 is 24.4 Å². The van der Waals surface area contributed by atoms with E-state index in [1.165, 1.54) is 12.7 Å². The lowest BCUT2D eigenvalue weighted by Crippen LogP contribution is -1.97. The van der Waals surface area contributed by atoms with Crippen molar-refractivity contribution in [2.24, 2.45) is 0 Å². The monoisotopic (exact) mass is 466 g/mol. The van der Waals surface area contributed by atoms with Gasteiger partial charge in [0.05, 0.1) is 26.4 Å². The van der Waals surface area contributed by atoms with Gasteiger partial charge in [-0.25, -0.2) is 0 Å². The summed E-state index contributed by atoms with van der Waals surface area (Å²) in [5, 5.41) is 21.7. The first kappa shape index (κ1) is 24.4. The third kappa shape index (κ3) is 5.57. The molecule has 0 saturated carbocycles. The standard InChI is InChI=1S/C27H30O5S/c1-17(2)7-6-14-32-23-13-10-19(15-22(23)28)25-24(30-3)16-21(27(31-4)26(25)29)18-8-11-20(33-5)12-9-18/h7-13,15-16,28-29H,6,14H2,1-5H3. The summed E-state index contributed by atoms with van der Waals surface area (Å²) in [6.45, 7) is 4.53. The predicted molar refractivity (Wildman–Crippen MR) is 135 cm³/mol. The quantitative estimate of drug-likeness (QED) is 0.203. The zero-order chi connectivity index (χ0) is 24.0. The van der Waals surface area contributed by atoms with Crippen molar-refractivity contribution in [2.75, 3.05) is 27.1 Å². The molecule has 33 heavy (non-hydrogen) atoms. The molecule has 0 bridgehead atoms. The number of allylic oxidation sites excluding steroid dienone is 1. The van der Waals surface area contributed by atoms with Crippen LogP contribution in [0.3, 0.4) is 0 Å². The average Bonchev–Trinajstić information content (AvgIpc) is 2.81. The van der Waals surface area contributed by atoms with Gasteiger partial charge in [-0.1, -0.05) is 29.8 Å². The van der Waals surface area contributed by atoms with Crippen LogP contribution in [0.5, 0.6) is 28.7 Å². The van der Waals surface area contributed by atoms with Crippen molar-refractivity contribution in [3.63, 3.8) is 0 Å². The van der Waals surface area contributed by atoms with Crippen LogP contribution in [-0.2, 0) is 0 Å². The minimum Gasteiger partial charge on any atom is -0.504 e. The maximum absolute atomic E-state index is 11.2. The summed E-state index contributed by atoms with van der Waals surface area (Å²) >= 11 is 1.66. The summed E-state index contributed by atoms with van der Waals surface area (Å²) in [6.07, 6.45) is 4.86. The topological polar surface area (TPSA) is 68.2 Å². The average molecular weight is 467 g/mol. The molecule has 0 fully saturated rings. The van der Waals surface area contributed by atoms with Crippen LogP contribution in [-0.4, -0.2) is 37.3 Å². The van der Waals surface area contributed by atoms with Gasteiger partial charge in [0.1, 0.15) is 5.75 Å². The van der Waals surface area contributed by atoms with Gasteiger partial charge in [0.15, 0.2) is 23.0 Å². The van der Waals surface area contributed by atoms with Crippen molar-refractivity contribution in [1.82, 2.24) is 0 Å². The van der Waals surface area contributed by atoms with E-state index < -0.39 is 0 Å². The minimum atomic E-state index is -0.0579. The van der Waals surface area contributed by atoms with Crippen LogP contribution in [0, 0.1) is 0 Å². The molecule has 3 aromatic rings. The summed E-state index contributed by atoms with van der Waals surface area (Å²) in [7, 11) is 3.07. The second-order valence-corrected chi connectivity index (χ2v) is 8.59. The number of ether oxygens (including phenoxy) is 3. The van der Waals surface area contributed by atoms with E-state index >= 15 is 0 Å². The molecule has 6 heteroatoms. The van der Waals surface area contributed by atoms with Crippen molar-refractivity contribution < 1.29 is 24.4 Å². The van der Waals surface area contributed by atoms with Crippen LogP contribution in [0.2, 0.25) is 0 Å². The molecule has 3 rings (SSSR count). The summed E-state index contributed by atoms with van der Waals surface area (Å²) in [6, 6.07) is 14.9.